The maximum atomic E-state index is 11.9. The van der Waals surface area contributed by atoms with Crippen LogP contribution in [0.15, 0.2) is 35.2 Å². The van der Waals surface area contributed by atoms with E-state index in [0.717, 1.165) is 4.90 Å². The fourth-order valence-electron chi connectivity index (χ4n) is 1.99. The molecule has 108 valence electrons. The van der Waals surface area contributed by atoms with Crippen molar-refractivity contribution in [1.29, 1.82) is 0 Å². The third-order valence-corrected chi connectivity index (χ3v) is 4.16. The Hall–Kier alpha value is -1.53. The van der Waals surface area contributed by atoms with Crippen LogP contribution in [0.4, 0.5) is 0 Å². The molecule has 0 radical (unpaired) electrons. The first-order chi connectivity index (χ1) is 9.62. The second-order valence-corrected chi connectivity index (χ2v) is 5.82. The molecule has 0 aliphatic carbocycles. The molecule has 1 saturated heterocycles. The molecule has 1 aromatic carbocycles. The molecule has 5 nitrogen and oxygen atoms in total. The molecule has 20 heavy (non-hydrogen) atoms. The first kappa shape index (κ1) is 14.9. The summed E-state index contributed by atoms with van der Waals surface area (Å²) in [7, 11) is 0. The molecule has 0 aromatic heterocycles. The van der Waals surface area contributed by atoms with E-state index < -0.39 is 11.5 Å². The average Bonchev–Trinajstić information content (AvgIpc) is 2.90. The standard InChI is InChI=1S/C14H17NO4S/c16-12(6-9-20-11-4-2-1-3-5-11)15-14(13(17)18)7-8-19-10-14/h1-5H,6-10H2,(H,15,16)(H,17,18). The van der Waals surface area contributed by atoms with Gasteiger partial charge in [-0.05, 0) is 12.1 Å². The Kier molecular flexibility index (Phi) is 5.03. The minimum Gasteiger partial charge on any atom is -0.479 e. The van der Waals surface area contributed by atoms with Crippen LogP contribution in [0.3, 0.4) is 0 Å². The molecule has 2 N–H and O–H groups in total. The van der Waals surface area contributed by atoms with E-state index >= 15 is 0 Å². The third kappa shape index (κ3) is 3.74. The van der Waals surface area contributed by atoms with Crippen LogP contribution in [-0.4, -0.2) is 41.5 Å². The van der Waals surface area contributed by atoms with Gasteiger partial charge in [-0.1, -0.05) is 18.2 Å². The Morgan fingerprint density at radius 3 is 2.70 bits per heavy atom. The van der Waals surface area contributed by atoms with Crippen LogP contribution in [0.25, 0.3) is 0 Å². The first-order valence-electron chi connectivity index (χ1n) is 6.42. The van der Waals surface area contributed by atoms with Crippen molar-refractivity contribution in [3.63, 3.8) is 0 Å². The summed E-state index contributed by atoms with van der Waals surface area (Å²) in [4.78, 5) is 24.2. The summed E-state index contributed by atoms with van der Waals surface area (Å²) in [6.07, 6.45) is 0.606. The Morgan fingerprint density at radius 1 is 1.35 bits per heavy atom. The molecular formula is C14H17NO4S. The fourth-order valence-corrected chi connectivity index (χ4v) is 2.87. The van der Waals surface area contributed by atoms with Crippen LogP contribution in [0.2, 0.25) is 0 Å². The second-order valence-electron chi connectivity index (χ2n) is 4.65. The van der Waals surface area contributed by atoms with Crippen molar-refractivity contribution >= 4 is 23.6 Å². The van der Waals surface area contributed by atoms with Crippen molar-refractivity contribution in [3.05, 3.63) is 30.3 Å². The molecule has 1 fully saturated rings. The highest BCUT2D eigenvalue weighted by Crippen LogP contribution is 2.21. The third-order valence-electron chi connectivity index (χ3n) is 3.15. The number of amides is 1. The Labute approximate surface area is 121 Å². The molecule has 0 saturated carbocycles. The van der Waals surface area contributed by atoms with E-state index in [-0.39, 0.29) is 18.9 Å². The van der Waals surface area contributed by atoms with Gasteiger partial charge in [0.25, 0.3) is 0 Å². The zero-order valence-electron chi connectivity index (χ0n) is 11.0. The van der Waals surface area contributed by atoms with Gasteiger partial charge < -0.3 is 15.2 Å². The molecule has 1 atom stereocenters. The molecule has 0 spiro atoms. The first-order valence-corrected chi connectivity index (χ1v) is 7.41. The number of aliphatic carboxylic acids is 1. The highest BCUT2D eigenvalue weighted by molar-refractivity contribution is 7.99. The summed E-state index contributed by atoms with van der Waals surface area (Å²) in [5, 5.41) is 11.8. The number of carboxylic acid groups (broad SMARTS) is 1. The van der Waals surface area contributed by atoms with E-state index in [0.29, 0.717) is 18.8 Å². The van der Waals surface area contributed by atoms with Crippen LogP contribution in [-0.2, 0) is 14.3 Å². The summed E-state index contributed by atoms with van der Waals surface area (Å²) >= 11 is 1.57. The molecule has 1 heterocycles. The number of carbonyl (C=O) groups is 2. The number of thioether (sulfide) groups is 1. The Morgan fingerprint density at radius 2 is 2.10 bits per heavy atom. The van der Waals surface area contributed by atoms with Crippen LogP contribution in [0.5, 0.6) is 0 Å². The lowest BCUT2D eigenvalue weighted by Crippen LogP contribution is -2.55. The highest BCUT2D eigenvalue weighted by Gasteiger charge is 2.43. The predicted octanol–water partition coefficient (Wildman–Crippen LogP) is 1.53. The van der Waals surface area contributed by atoms with Gasteiger partial charge in [0.2, 0.25) is 5.91 Å². The van der Waals surface area contributed by atoms with E-state index in [1.807, 2.05) is 30.3 Å². The van der Waals surface area contributed by atoms with Gasteiger partial charge in [-0.3, -0.25) is 4.79 Å². The summed E-state index contributed by atoms with van der Waals surface area (Å²) in [5.41, 5.74) is -1.24. The minimum absolute atomic E-state index is 0.0416. The molecule has 1 aliphatic rings. The zero-order chi connectivity index (χ0) is 14.4. The lowest BCUT2D eigenvalue weighted by Gasteiger charge is -2.23. The SMILES string of the molecule is O=C(CCSc1ccccc1)NC1(C(=O)O)CCOC1. The molecule has 1 unspecified atom stereocenters. The van der Waals surface area contributed by atoms with Crippen molar-refractivity contribution in [2.24, 2.45) is 0 Å². The second kappa shape index (κ2) is 6.76. The number of rotatable bonds is 6. The van der Waals surface area contributed by atoms with E-state index in [1.54, 1.807) is 11.8 Å². The van der Waals surface area contributed by atoms with Gasteiger partial charge in [-0.25, -0.2) is 4.79 Å². The van der Waals surface area contributed by atoms with E-state index in [2.05, 4.69) is 5.32 Å². The number of hydrogen-bond donors (Lipinski definition) is 2. The van der Waals surface area contributed by atoms with Gasteiger partial charge in [-0.15, -0.1) is 11.8 Å². The quantitative estimate of drug-likeness (QED) is 0.778. The van der Waals surface area contributed by atoms with Gasteiger partial charge in [0.1, 0.15) is 0 Å². The number of benzene rings is 1. The fraction of sp³-hybridized carbons (Fsp3) is 0.429. The molecule has 1 aliphatic heterocycles. The summed E-state index contributed by atoms with van der Waals surface area (Å²) in [6.45, 7) is 0.408. The molecule has 0 bridgehead atoms. The van der Waals surface area contributed by atoms with Crippen molar-refractivity contribution in [3.8, 4) is 0 Å². The molecule has 1 aromatic rings. The minimum atomic E-state index is -1.24. The van der Waals surface area contributed by atoms with Gasteiger partial charge in [0.05, 0.1) is 6.61 Å². The lowest BCUT2D eigenvalue weighted by atomic mass is 9.99. The van der Waals surface area contributed by atoms with Crippen molar-refractivity contribution in [2.45, 2.75) is 23.3 Å². The largest absolute Gasteiger partial charge is 0.479 e. The number of nitrogens with one attached hydrogen (secondary N) is 1. The van der Waals surface area contributed by atoms with Crippen LogP contribution in [0.1, 0.15) is 12.8 Å². The highest BCUT2D eigenvalue weighted by atomic mass is 32.2. The van der Waals surface area contributed by atoms with Gasteiger partial charge in [0.15, 0.2) is 5.54 Å². The Balaban J connectivity index is 1.79. The number of carboxylic acids is 1. The molecule has 2 rings (SSSR count). The maximum absolute atomic E-state index is 11.9. The summed E-state index contributed by atoms with van der Waals surface area (Å²) in [6, 6.07) is 9.78. The number of carbonyl (C=O) groups excluding carboxylic acids is 1. The van der Waals surface area contributed by atoms with E-state index in [9.17, 15) is 14.7 Å². The number of ether oxygens (including phenoxy) is 1. The topological polar surface area (TPSA) is 75.6 Å². The summed E-state index contributed by atoms with van der Waals surface area (Å²) in [5.74, 6) is -0.660. The van der Waals surface area contributed by atoms with Crippen LogP contribution < -0.4 is 5.32 Å². The monoisotopic (exact) mass is 295 g/mol. The Bertz CT molecular complexity index is 471. The maximum Gasteiger partial charge on any atom is 0.331 e. The van der Waals surface area contributed by atoms with E-state index in [1.165, 1.54) is 0 Å². The normalized spacial score (nSPS) is 21.6. The van der Waals surface area contributed by atoms with Crippen molar-refractivity contribution in [1.82, 2.24) is 5.32 Å². The number of hydrogen-bond acceptors (Lipinski definition) is 4. The molecule has 6 heteroatoms. The average molecular weight is 295 g/mol. The van der Waals surface area contributed by atoms with E-state index in [4.69, 9.17) is 4.74 Å². The smallest absolute Gasteiger partial charge is 0.331 e. The van der Waals surface area contributed by atoms with Crippen molar-refractivity contribution < 1.29 is 19.4 Å². The lowest BCUT2D eigenvalue weighted by molar-refractivity contribution is -0.147. The van der Waals surface area contributed by atoms with Gasteiger partial charge in [-0.2, -0.15) is 0 Å². The van der Waals surface area contributed by atoms with Crippen LogP contribution in [0, 0.1) is 0 Å². The van der Waals surface area contributed by atoms with Crippen LogP contribution >= 0.6 is 11.8 Å². The van der Waals surface area contributed by atoms with Crippen molar-refractivity contribution in [2.75, 3.05) is 19.0 Å². The van der Waals surface area contributed by atoms with Gasteiger partial charge in [0, 0.05) is 30.1 Å². The summed E-state index contributed by atoms with van der Waals surface area (Å²) < 4.78 is 5.10. The predicted molar refractivity (Wildman–Crippen MR) is 75.7 cm³/mol. The zero-order valence-corrected chi connectivity index (χ0v) is 11.8. The molecule has 1 amide bonds. The molecular weight excluding hydrogens is 278 g/mol. The van der Waals surface area contributed by atoms with Gasteiger partial charge >= 0.3 is 5.97 Å².